The lowest BCUT2D eigenvalue weighted by Crippen LogP contribution is -2.38. The van der Waals surface area contributed by atoms with Gasteiger partial charge in [-0.3, -0.25) is 0 Å². The topological polar surface area (TPSA) is 36.9 Å². The number of ether oxygens (including phenoxy) is 4. The van der Waals surface area contributed by atoms with Gasteiger partial charge in [0.25, 0.3) is 0 Å². The number of hydrogen-bond donors (Lipinski definition) is 0. The molecule has 40 heavy (non-hydrogen) atoms. The van der Waals surface area contributed by atoms with Gasteiger partial charge in [-0.1, -0.05) is 85.6 Å². The predicted molar refractivity (Wildman–Crippen MR) is 170 cm³/mol. The normalized spacial score (nSPS) is 17.1. The predicted octanol–water partition coefficient (Wildman–Crippen LogP) is 6.60. The lowest BCUT2D eigenvalue weighted by atomic mass is 9.99. The van der Waals surface area contributed by atoms with Crippen molar-refractivity contribution in [1.29, 1.82) is 0 Å². The van der Waals surface area contributed by atoms with Crippen LogP contribution in [0, 0.1) is 0 Å². The maximum absolute atomic E-state index is 5.99. The molecule has 2 atom stereocenters. The van der Waals surface area contributed by atoms with Crippen molar-refractivity contribution >= 4 is 37.1 Å². The van der Waals surface area contributed by atoms with Crippen LogP contribution in [-0.4, -0.2) is 39.8 Å². The van der Waals surface area contributed by atoms with E-state index in [9.17, 15) is 0 Å². The minimum Gasteiger partial charge on any atom is -0.496 e. The Morgan fingerprint density at radius 2 is 0.675 bits per heavy atom. The highest BCUT2D eigenvalue weighted by atomic mass is 31.1. The van der Waals surface area contributed by atoms with Gasteiger partial charge in [-0.25, -0.2) is 0 Å². The molecule has 0 bridgehead atoms. The van der Waals surface area contributed by atoms with Gasteiger partial charge in [0.05, 0.1) is 28.4 Å². The summed E-state index contributed by atoms with van der Waals surface area (Å²) in [7, 11) is 5.49. The molecule has 0 aromatic heterocycles. The molecule has 0 unspecified atom stereocenters. The highest BCUT2D eigenvalue weighted by Crippen LogP contribution is 2.59. The molecule has 0 amide bonds. The van der Waals surface area contributed by atoms with Crippen molar-refractivity contribution in [2.45, 2.75) is 37.0 Å². The number of rotatable bonds is 10. The molecule has 1 saturated carbocycles. The van der Waals surface area contributed by atoms with Crippen molar-refractivity contribution in [3.8, 4) is 23.0 Å². The zero-order valence-corrected chi connectivity index (χ0v) is 25.5. The monoisotopic (exact) mass is 572 g/mol. The highest BCUT2D eigenvalue weighted by molar-refractivity contribution is 7.78. The molecule has 0 heterocycles. The molecule has 0 spiro atoms. The van der Waals surface area contributed by atoms with Crippen molar-refractivity contribution in [2.24, 2.45) is 0 Å². The Bertz CT molecular complexity index is 1210. The lowest BCUT2D eigenvalue weighted by molar-refractivity contribution is 0.416. The quantitative estimate of drug-likeness (QED) is 0.201. The summed E-state index contributed by atoms with van der Waals surface area (Å²) in [4.78, 5) is 0. The molecule has 4 nitrogen and oxygen atoms in total. The number of methoxy groups -OCH3 is 4. The van der Waals surface area contributed by atoms with E-state index in [1.165, 1.54) is 34.1 Å². The van der Waals surface area contributed by atoms with Gasteiger partial charge in [-0.15, -0.1) is 0 Å². The molecule has 4 aromatic carbocycles. The average Bonchev–Trinajstić information content (AvgIpc) is 3.03. The van der Waals surface area contributed by atoms with Crippen LogP contribution in [0.4, 0.5) is 0 Å². The molecule has 1 fully saturated rings. The first-order chi connectivity index (χ1) is 19.7. The van der Waals surface area contributed by atoms with Crippen LogP contribution in [0.1, 0.15) is 25.7 Å². The van der Waals surface area contributed by atoms with E-state index in [0.29, 0.717) is 11.3 Å². The third-order valence-electron chi connectivity index (χ3n) is 7.74. The Morgan fingerprint density at radius 3 is 0.925 bits per heavy atom. The van der Waals surface area contributed by atoms with Gasteiger partial charge in [-0.05, 0) is 64.3 Å². The molecule has 0 aliphatic heterocycles. The number of benzene rings is 4. The molecule has 5 rings (SSSR count). The molecular weight excluding hydrogens is 534 g/mol. The fourth-order valence-corrected chi connectivity index (χ4v) is 13.2. The van der Waals surface area contributed by atoms with Crippen molar-refractivity contribution in [3.63, 3.8) is 0 Å². The van der Waals surface area contributed by atoms with E-state index in [0.717, 1.165) is 35.8 Å². The van der Waals surface area contributed by atoms with Crippen LogP contribution in [-0.2, 0) is 0 Å². The van der Waals surface area contributed by atoms with E-state index in [4.69, 9.17) is 18.9 Å². The smallest absolute Gasteiger partial charge is 0.126 e. The molecule has 4 aromatic rings. The van der Waals surface area contributed by atoms with Gasteiger partial charge in [0, 0.05) is 21.2 Å². The van der Waals surface area contributed by atoms with Crippen LogP contribution in [0.25, 0.3) is 0 Å². The largest absolute Gasteiger partial charge is 0.496 e. The maximum Gasteiger partial charge on any atom is 0.126 e. The summed E-state index contributed by atoms with van der Waals surface area (Å²) in [6, 6.07) is 34.3. The molecule has 0 saturated heterocycles. The second-order valence-electron chi connectivity index (χ2n) is 9.85. The summed E-state index contributed by atoms with van der Waals surface area (Å²) in [5.74, 6) is 3.79. The Labute approximate surface area is 241 Å². The van der Waals surface area contributed by atoms with Crippen LogP contribution < -0.4 is 40.2 Å². The van der Waals surface area contributed by atoms with Crippen molar-refractivity contribution in [1.82, 2.24) is 0 Å². The zero-order chi connectivity index (χ0) is 27.9. The van der Waals surface area contributed by atoms with Gasteiger partial charge < -0.3 is 18.9 Å². The zero-order valence-electron chi connectivity index (χ0n) is 23.7. The first-order valence-corrected chi connectivity index (χ1v) is 16.6. The van der Waals surface area contributed by atoms with E-state index >= 15 is 0 Å². The van der Waals surface area contributed by atoms with Gasteiger partial charge >= 0.3 is 0 Å². The van der Waals surface area contributed by atoms with Crippen molar-refractivity contribution in [2.75, 3.05) is 28.4 Å². The summed E-state index contributed by atoms with van der Waals surface area (Å²) in [5, 5.41) is 5.10. The summed E-state index contributed by atoms with van der Waals surface area (Å²) >= 11 is 0. The van der Waals surface area contributed by atoms with Crippen LogP contribution in [0.5, 0.6) is 23.0 Å². The van der Waals surface area contributed by atoms with E-state index in [1.807, 2.05) is 0 Å². The second-order valence-corrected chi connectivity index (χ2v) is 14.6. The third kappa shape index (κ3) is 5.71. The minimum atomic E-state index is -0.818. The van der Waals surface area contributed by atoms with Crippen LogP contribution >= 0.6 is 15.8 Å². The summed E-state index contributed by atoms with van der Waals surface area (Å²) in [6.45, 7) is 0. The van der Waals surface area contributed by atoms with Gasteiger partial charge in [0.15, 0.2) is 0 Å². The Kier molecular flexibility index (Phi) is 9.63. The van der Waals surface area contributed by atoms with E-state index in [1.54, 1.807) is 28.4 Å². The lowest BCUT2D eigenvalue weighted by Gasteiger charge is -2.43. The van der Waals surface area contributed by atoms with E-state index < -0.39 is 15.8 Å². The molecule has 208 valence electrons. The summed E-state index contributed by atoms with van der Waals surface area (Å²) in [5.41, 5.74) is 0.828. The van der Waals surface area contributed by atoms with E-state index in [-0.39, 0.29) is 0 Å². The molecular formula is C34H38O4P2. The number of hydrogen-bond acceptors (Lipinski definition) is 4. The van der Waals surface area contributed by atoms with Crippen LogP contribution in [0.3, 0.4) is 0 Å². The SMILES string of the molecule is COc1ccccc1P(c1ccccc1OC)[C@H]1CCCC[C@@H]1P(c1ccccc1OC)c1ccccc1OC. The fraction of sp³-hybridized carbons (Fsp3) is 0.294. The summed E-state index contributed by atoms with van der Waals surface area (Å²) < 4.78 is 24.0. The molecule has 1 aliphatic rings. The molecule has 0 N–H and O–H groups in total. The standard InChI is InChI=1S/C34H38O4P2/c1-35-25-15-5-9-19-29(25)39(30-20-10-6-16-26(30)36-2)33-23-13-14-24-34(33)40(31-21-11-7-17-27(31)37-3)32-22-12-8-18-28(32)38-4/h5-12,15-22,33-34H,13-14,23-24H2,1-4H3/t33-,34-/m0/s1. The average molecular weight is 573 g/mol. The fourth-order valence-electron chi connectivity index (χ4n) is 5.98. The van der Waals surface area contributed by atoms with Crippen LogP contribution in [0.15, 0.2) is 97.1 Å². The van der Waals surface area contributed by atoms with Gasteiger partial charge in [-0.2, -0.15) is 0 Å². The second kappa shape index (κ2) is 13.5. The van der Waals surface area contributed by atoms with E-state index in [2.05, 4.69) is 97.1 Å². The Balaban J connectivity index is 1.75. The summed E-state index contributed by atoms with van der Waals surface area (Å²) in [6.07, 6.45) is 4.72. The van der Waals surface area contributed by atoms with Crippen molar-refractivity contribution < 1.29 is 18.9 Å². The first-order valence-electron chi connectivity index (χ1n) is 13.8. The Hall–Kier alpha value is -3.06. The molecule has 6 heteroatoms. The third-order valence-corrected chi connectivity index (χ3v) is 14.1. The van der Waals surface area contributed by atoms with Crippen molar-refractivity contribution in [3.05, 3.63) is 97.1 Å². The Morgan fingerprint density at radius 1 is 0.425 bits per heavy atom. The molecule has 0 radical (unpaired) electrons. The highest BCUT2D eigenvalue weighted by Gasteiger charge is 2.42. The van der Waals surface area contributed by atoms with Gasteiger partial charge in [0.1, 0.15) is 23.0 Å². The number of para-hydroxylation sites is 4. The minimum absolute atomic E-state index is 0.414. The maximum atomic E-state index is 5.99. The van der Waals surface area contributed by atoms with Crippen LogP contribution in [0.2, 0.25) is 0 Å². The first kappa shape index (κ1) is 28.5. The van der Waals surface area contributed by atoms with Gasteiger partial charge in [0.2, 0.25) is 0 Å². The molecule has 1 aliphatic carbocycles.